The van der Waals surface area contributed by atoms with Crippen molar-refractivity contribution in [3.63, 3.8) is 0 Å². The van der Waals surface area contributed by atoms with E-state index in [-0.39, 0.29) is 25.5 Å². The third kappa shape index (κ3) is 4.14. The second kappa shape index (κ2) is 9.33. The van der Waals surface area contributed by atoms with Crippen LogP contribution in [0.1, 0.15) is 5.56 Å². The van der Waals surface area contributed by atoms with Gasteiger partial charge in [0.15, 0.2) is 0 Å². The van der Waals surface area contributed by atoms with Gasteiger partial charge < -0.3 is 14.5 Å². The SMILES string of the molecule is COCCn1c(=O)c2[nH]c(-c3cnn(Cc4ccccc4F)c3)cc2n(CCOC)c1=O. The first kappa shape index (κ1) is 21.7. The predicted molar refractivity (Wildman–Crippen MR) is 117 cm³/mol. The average Bonchev–Trinajstić information content (AvgIpc) is 3.43. The molecule has 0 aliphatic rings. The molecule has 0 amide bonds. The highest BCUT2D eigenvalue weighted by molar-refractivity contribution is 5.82. The summed E-state index contributed by atoms with van der Waals surface area (Å²) < 4.78 is 28.4. The Morgan fingerprint density at radius 1 is 1.06 bits per heavy atom. The van der Waals surface area contributed by atoms with E-state index in [1.165, 1.54) is 17.7 Å². The van der Waals surface area contributed by atoms with Gasteiger partial charge in [0.2, 0.25) is 0 Å². The molecule has 1 aromatic carbocycles. The van der Waals surface area contributed by atoms with Crippen LogP contribution >= 0.6 is 0 Å². The summed E-state index contributed by atoms with van der Waals surface area (Å²) in [6, 6.07) is 8.27. The quantitative estimate of drug-likeness (QED) is 0.428. The Balaban J connectivity index is 1.75. The normalized spacial score (nSPS) is 11.5. The van der Waals surface area contributed by atoms with Crippen LogP contribution in [0.2, 0.25) is 0 Å². The molecule has 0 fully saturated rings. The van der Waals surface area contributed by atoms with E-state index in [2.05, 4.69) is 10.1 Å². The van der Waals surface area contributed by atoms with Crippen LogP contribution in [0.5, 0.6) is 0 Å². The zero-order chi connectivity index (χ0) is 22.7. The molecule has 0 saturated heterocycles. The third-order valence-electron chi connectivity index (χ3n) is 5.28. The number of rotatable bonds is 9. The summed E-state index contributed by atoms with van der Waals surface area (Å²) in [7, 11) is 3.06. The van der Waals surface area contributed by atoms with E-state index in [1.54, 1.807) is 48.5 Å². The molecule has 0 radical (unpaired) electrons. The Morgan fingerprint density at radius 2 is 1.78 bits per heavy atom. The molecule has 168 valence electrons. The minimum atomic E-state index is -0.419. The lowest BCUT2D eigenvalue weighted by Crippen LogP contribution is -2.41. The van der Waals surface area contributed by atoms with E-state index < -0.39 is 11.2 Å². The first-order chi connectivity index (χ1) is 15.5. The fourth-order valence-electron chi connectivity index (χ4n) is 3.61. The largest absolute Gasteiger partial charge is 0.383 e. The number of aromatic nitrogens is 5. The molecule has 4 rings (SSSR count). The summed E-state index contributed by atoms with van der Waals surface area (Å²) in [6.45, 7) is 1.27. The molecule has 0 spiro atoms. The van der Waals surface area contributed by atoms with Gasteiger partial charge in [-0.25, -0.2) is 9.18 Å². The van der Waals surface area contributed by atoms with Crippen molar-refractivity contribution in [2.45, 2.75) is 19.6 Å². The maximum atomic E-state index is 14.0. The third-order valence-corrected chi connectivity index (χ3v) is 5.28. The molecule has 0 atom stereocenters. The molecule has 4 aromatic rings. The molecule has 0 bridgehead atoms. The highest BCUT2D eigenvalue weighted by Crippen LogP contribution is 2.22. The van der Waals surface area contributed by atoms with E-state index in [1.807, 2.05) is 0 Å². The Kier molecular flexibility index (Phi) is 6.33. The molecular weight excluding hydrogens is 417 g/mol. The summed E-state index contributed by atoms with van der Waals surface area (Å²) in [5.41, 5.74) is 1.83. The summed E-state index contributed by atoms with van der Waals surface area (Å²) in [4.78, 5) is 29.1. The van der Waals surface area contributed by atoms with Gasteiger partial charge in [-0.1, -0.05) is 18.2 Å². The number of aromatic amines is 1. The van der Waals surface area contributed by atoms with Crippen LogP contribution in [0.15, 0.2) is 52.3 Å². The molecule has 0 aliphatic carbocycles. The number of nitrogens with one attached hydrogen (secondary N) is 1. The van der Waals surface area contributed by atoms with Crippen molar-refractivity contribution in [1.82, 2.24) is 23.9 Å². The minimum absolute atomic E-state index is 0.145. The zero-order valence-electron chi connectivity index (χ0n) is 17.9. The van der Waals surface area contributed by atoms with Gasteiger partial charge in [0.25, 0.3) is 5.56 Å². The number of H-pyrrole nitrogens is 1. The lowest BCUT2D eigenvalue weighted by Gasteiger charge is -2.11. The van der Waals surface area contributed by atoms with Gasteiger partial charge in [0, 0.05) is 31.5 Å². The van der Waals surface area contributed by atoms with Crippen LogP contribution in [-0.2, 0) is 29.1 Å². The van der Waals surface area contributed by atoms with Crippen LogP contribution < -0.4 is 11.2 Å². The minimum Gasteiger partial charge on any atom is -0.383 e. The van der Waals surface area contributed by atoms with Crippen LogP contribution in [0.25, 0.3) is 22.3 Å². The van der Waals surface area contributed by atoms with Crippen molar-refractivity contribution in [2.24, 2.45) is 0 Å². The second-order valence-corrected chi connectivity index (χ2v) is 7.34. The number of hydrogen-bond donors (Lipinski definition) is 1. The maximum absolute atomic E-state index is 14.0. The Hall–Kier alpha value is -3.50. The molecule has 0 aliphatic heterocycles. The van der Waals surface area contributed by atoms with Gasteiger partial charge in [0.1, 0.15) is 11.3 Å². The Labute approximate surface area is 182 Å². The summed E-state index contributed by atoms with van der Waals surface area (Å²) in [6.07, 6.45) is 3.39. The topological polar surface area (TPSA) is 96.1 Å². The number of methoxy groups -OCH3 is 2. The number of ether oxygens (including phenoxy) is 2. The number of hydrogen-bond acceptors (Lipinski definition) is 5. The standard InChI is InChI=1S/C22H24FN5O4/c1-31-9-7-27-19-11-18(25-20(19)21(29)28(22(27)30)8-10-32-2)16-12-24-26(14-16)13-15-5-3-4-6-17(15)23/h3-6,11-12,14,25H,7-10,13H2,1-2H3. The van der Waals surface area contributed by atoms with Gasteiger partial charge in [0.05, 0.1) is 50.3 Å². The van der Waals surface area contributed by atoms with Crippen LogP contribution in [0.3, 0.4) is 0 Å². The van der Waals surface area contributed by atoms with Crippen LogP contribution in [0, 0.1) is 5.82 Å². The highest BCUT2D eigenvalue weighted by Gasteiger charge is 2.17. The molecule has 10 heteroatoms. The van der Waals surface area contributed by atoms with Gasteiger partial charge in [-0.3, -0.25) is 18.6 Å². The lowest BCUT2D eigenvalue weighted by atomic mass is 10.2. The van der Waals surface area contributed by atoms with E-state index >= 15 is 0 Å². The van der Waals surface area contributed by atoms with Crippen molar-refractivity contribution in [2.75, 3.05) is 27.4 Å². The Morgan fingerprint density at radius 3 is 2.50 bits per heavy atom. The van der Waals surface area contributed by atoms with Crippen LogP contribution in [-0.4, -0.2) is 51.3 Å². The molecule has 32 heavy (non-hydrogen) atoms. The predicted octanol–water partition coefficient (Wildman–Crippen LogP) is 1.83. The van der Waals surface area contributed by atoms with Gasteiger partial charge >= 0.3 is 5.69 Å². The van der Waals surface area contributed by atoms with Gasteiger partial charge in [-0.2, -0.15) is 5.10 Å². The van der Waals surface area contributed by atoms with E-state index in [0.717, 1.165) is 4.57 Å². The van der Waals surface area contributed by atoms with Crippen molar-refractivity contribution in [1.29, 1.82) is 0 Å². The summed E-state index contributed by atoms with van der Waals surface area (Å²) in [5, 5.41) is 4.31. The van der Waals surface area contributed by atoms with Gasteiger partial charge in [-0.05, 0) is 12.1 Å². The fourth-order valence-corrected chi connectivity index (χ4v) is 3.61. The van der Waals surface area contributed by atoms with E-state index in [0.29, 0.717) is 41.0 Å². The summed E-state index contributed by atoms with van der Waals surface area (Å²) in [5.74, 6) is -0.297. The lowest BCUT2D eigenvalue weighted by molar-refractivity contribution is 0.179. The number of fused-ring (bicyclic) bond motifs is 1. The fraction of sp³-hybridized carbons (Fsp3) is 0.318. The maximum Gasteiger partial charge on any atom is 0.331 e. The molecule has 0 unspecified atom stereocenters. The first-order valence-electron chi connectivity index (χ1n) is 10.1. The number of halogens is 1. The average molecular weight is 441 g/mol. The molecule has 0 saturated carbocycles. The first-order valence-corrected chi connectivity index (χ1v) is 10.1. The summed E-state index contributed by atoms with van der Waals surface area (Å²) >= 11 is 0. The van der Waals surface area contributed by atoms with Crippen molar-refractivity contribution in [3.8, 4) is 11.3 Å². The zero-order valence-corrected chi connectivity index (χ0v) is 17.9. The molecule has 3 heterocycles. The monoisotopic (exact) mass is 441 g/mol. The van der Waals surface area contributed by atoms with Gasteiger partial charge in [-0.15, -0.1) is 0 Å². The van der Waals surface area contributed by atoms with Crippen molar-refractivity contribution < 1.29 is 13.9 Å². The second-order valence-electron chi connectivity index (χ2n) is 7.34. The number of nitrogens with zero attached hydrogens (tertiary/aromatic N) is 4. The smallest absolute Gasteiger partial charge is 0.331 e. The van der Waals surface area contributed by atoms with Crippen molar-refractivity contribution in [3.05, 3.63) is 74.9 Å². The van der Waals surface area contributed by atoms with Crippen LogP contribution in [0.4, 0.5) is 4.39 Å². The van der Waals surface area contributed by atoms with Crippen molar-refractivity contribution >= 4 is 11.0 Å². The molecule has 1 N–H and O–H groups in total. The molecular formula is C22H24FN5O4. The Bertz CT molecular complexity index is 1350. The molecule has 3 aromatic heterocycles. The highest BCUT2D eigenvalue weighted by atomic mass is 19.1. The van der Waals surface area contributed by atoms with E-state index in [4.69, 9.17) is 9.47 Å². The molecule has 9 nitrogen and oxygen atoms in total. The number of benzene rings is 1. The van der Waals surface area contributed by atoms with E-state index in [9.17, 15) is 14.0 Å².